The normalized spacial score (nSPS) is 20.8. The summed E-state index contributed by atoms with van der Waals surface area (Å²) in [4.78, 5) is 4.18. The molecule has 8 heteroatoms. The zero-order valence-electron chi connectivity index (χ0n) is 10.9. The van der Waals surface area contributed by atoms with E-state index < -0.39 is 10.0 Å². The molecule has 1 aromatic rings. The standard InChI is InChI=1S/C12H17N3O3S2/c13-12(19)11-5-4-10(7-14-11)20(17,18)15-6-2-1-3-9(15)8-16/h4-5,7,9,16H,1-3,6,8H2,(H2,13,19). The summed E-state index contributed by atoms with van der Waals surface area (Å²) >= 11 is 4.78. The summed E-state index contributed by atoms with van der Waals surface area (Å²) in [6.07, 6.45) is 3.66. The van der Waals surface area contributed by atoms with E-state index in [1.54, 1.807) is 0 Å². The lowest BCUT2D eigenvalue weighted by molar-refractivity contribution is 0.155. The number of thiocarbonyl (C=S) groups is 1. The topological polar surface area (TPSA) is 96.5 Å². The van der Waals surface area contributed by atoms with E-state index in [0.717, 1.165) is 12.8 Å². The van der Waals surface area contributed by atoms with Crippen LogP contribution in [-0.4, -0.2) is 47.0 Å². The minimum absolute atomic E-state index is 0.0952. The van der Waals surface area contributed by atoms with Crippen LogP contribution in [0.15, 0.2) is 23.2 Å². The second kappa shape index (κ2) is 6.13. The predicted octanol–water partition coefficient (Wildman–Crippen LogP) is 0.251. The molecule has 0 aromatic carbocycles. The quantitative estimate of drug-likeness (QED) is 0.773. The molecular formula is C12H17N3O3S2. The molecule has 2 heterocycles. The highest BCUT2D eigenvalue weighted by Gasteiger charge is 2.33. The molecule has 1 aliphatic rings. The second-order valence-corrected chi connectivity index (χ2v) is 7.02. The molecule has 1 unspecified atom stereocenters. The van der Waals surface area contributed by atoms with E-state index in [4.69, 9.17) is 18.0 Å². The van der Waals surface area contributed by atoms with E-state index in [9.17, 15) is 13.5 Å². The number of nitrogens with zero attached hydrogens (tertiary/aromatic N) is 2. The van der Waals surface area contributed by atoms with Gasteiger partial charge in [0, 0.05) is 18.8 Å². The molecule has 0 amide bonds. The maximum atomic E-state index is 12.5. The van der Waals surface area contributed by atoms with Crippen molar-refractivity contribution in [1.82, 2.24) is 9.29 Å². The van der Waals surface area contributed by atoms with Crippen LogP contribution in [-0.2, 0) is 10.0 Å². The molecule has 1 atom stereocenters. The Kier molecular flexibility index (Phi) is 4.69. The first kappa shape index (κ1) is 15.3. The van der Waals surface area contributed by atoms with Crippen molar-refractivity contribution in [2.75, 3.05) is 13.2 Å². The van der Waals surface area contributed by atoms with Crippen LogP contribution >= 0.6 is 12.2 Å². The van der Waals surface area contributed by atoms with Crippen LogP contribution in [0.25, 0.3) is 0 Å². The van der Waals surface area contributed by atoms with E-state index in [-0.39, 0.29) is 22.5 Å². The Bertz CT molecular complexity index is 586. The molecule has 20 heavy (non-hydrogen) atoms. The van der Waals surface area contributed by atoms with Crippen molar-refractivity contribution in [3.05, 3.63) is 24.0 Å². The molecule has 6 nitrogen and oxygen atoms in total. The van der Waals surface area contributed by atoms with Crippen LogP contribution in [0.2, 0.25) is 0 Å². The molecule has 2 rings (SSSR count). The predicted molar refractivity (Wildman–Crippen MR) is 78.7 cm³/mol. The van der Waals surface area contributed by atoms with Gasteiger partial charge in [-0.05, 0) is 25.0 Å². The number of piperidine rings is 1. The van der Waals surface area contributed by atoms with Crippen LogP contribution in [0.1, 0.15) is 25.0 Å². The number of aliphatic hydroxyl groups excluding tert-OH is 1. The second-order valence-electron chi connectivity index (χ2n) is 4.69. The highest BCUT2D eigenvalue weighted by molar-refractivity contribution is 7.89. The average molecular weight is 315 g/mol. The first-order valence-corrected chi connectivity index (χ1v) is 8.20. The molecule has 0 saturated carbocycles. The summed E-state index contributed by atoms with van der Waals surface area (Å²) < 4.78 is 26.5. The number of hydrogen-bond acceptors (Lipinski definition) is 5. The highest BCUT2D eigenvalue weighted by Crippen LogP contribution is 2.24. The smallest absolute Gasteiger partial charge is 0.244 e. The Morgan fingerprint density at radius 3 is 2.80 bits per heavy atom. The van der Waals surface area contributed by atoms with Crippen molar-refractivity contribution < 1.29 is 13.5 Å². The van der Waals surface area contributed by atoms with Gasteiger partial charge in [0.25, 0.3) is 0 Å². The number of hydrogen-bond donors (Lipinski definition) is 2. The van der Waals surface area contributed by atoms with Crippen LogP contribution in [0.5, 0.6) is 0 Å². The summed E-state index contributed by atoms with van der Waals surface area (Å²) in [5.74, 6) is 0. The lowest BCUT2D eigenvalue weighted by atomic mass is 10.1. The van der Waals surface area contributed by atoms with Gasteiger partial charge in [0.2, 0.25) is 10.0 Å². The van der Waals surface area contributed by atoms with Gasteiger partial charge in [-0.2, -0.15) is 4.31 Å². The van der Waals surface area contributed by atoms with Crippen molar-refractivity contribution >= 4 is 27.2 Å². The van der Waals surface area contributed by atoms with Gasteiger partial charge >= 0.3 is 0 Å². The third-order valence-electron chi connectivity index (χ3n) is 3.38. The van der Waals surface area contributed by atoms with Crippen LogP contribution in [0.3, 0.4) is 0 Å². The molecule has 110 valence electrons. The first-order chi connectivity index (χ1) is 9.46. The Balaban J connectivity index is 2.31. The third-order valence-corrected chi connectivity index (χ3v) is 5.52. The van der Waals surface area contributed by atoms with E-state index in [1.807, 2.05) is 0 Å². The van der Waals surface area contributed by atoms with E-state index in [0.29, 0.717) is 18.7 Å². The molecule has 0 bridgehead atoms. The molecule has 1 saturated heterocycles. The summed E-state index contributed by atoms with van der Waals surface area (Å²) in [5.41, 5.74) is 5.82. The number of aromatic nitrogens is 1. The van der Waals surface area contributed by atoms with Gasteiger partial charge in [0.1, 0.15) is 9.88 Å². The van der Waals surface area contributed by atoms with Crippen molar-refractivity contribution in [2.24, 2.45) is 5.73 Å². The highest BCUT2D eigenvalue weighted by atomic mass is 32.2. The number of nitrogens with two attached hydrogens (primary N) is 1. The van der Waals surface area contributed by atoms with Crippen molar-refractivity contribution in [3.63, 3.8) is 0 Å². The van der Waals surface area contributed by atoms with Crippen LogP contribution < -0.4 is 5.73 Å². The third kappa shape index (κ3) is 2.98. The summed E-state index contributed by atoms with van der Waals surface area (Å²) in [6.45, 7) is 0.252. The molecular weight excluding hydrogens is 298 g/mol. The van der Waals surface area contributed by atoms with E-state index in [1.165, 1.54) is 22.6 Å². The Morgan fingerprint density at radius 2 is 2.25 bits per heavy atom. The Morgan fingerprint density at radius 1 is 1.50 bits per heavy atom. The molecule has 0 spiro atoms. The Hall–Kier alpha value is -1.09. The van der Waals surface area contributed by atoms with Crippen molar-refractivity contribution in [2.45, 2.75) is 30.2 Å². The van der Waals surface area contributed by atoms with Crippen molar-refractivity contribution in [3.8, 4) is 0 Å². The van der Waals surface area contributed by atoms with Crippen LogP contribution in [0, 0.1) is 0 Å². The van der Waals surface area contributed by atoms with Gasteiger partial charge in [-0.1, -0.05) is 18.6 Å². The molecule has 1 fully saturated rings. The molecule has 0 aliphatic carbocycles. The Labute approximate surface area is 123 Å². The fraction of sp³-hybridized carbons (Fsp3) is 0.500. The summed E-state index contributed by atoms with van der Waals surface area (Å²) in [5, 5.41) is 9.33. The zero-order chi connectivity index (χ0) is 14.8. The zero-order valence-corrected chi connectivity index (χ0v) is 12.5. The molecule has 3 N–H and O–H groups in total. The van der Waals surface area contributed by atoms with E-state index >= 15 is 0 Å². The number of rotatable bonds is 4. The van der Waals surface area contributed by atoms with Crippen LogP contribution in [0.4, 0.5) is 0 Å². The lowest BCUT2D eigenvalue weighted by Gasteiger charge is -2.33. The number of pyridine rings is 1. The largest absolute Gasteiger partial charge is 0.395 e. The van der Waals surface area contributed by atoms with Gasteiger partial charge in [-0.15, -0.1) is 0 Å². The lowest BCUT2D eigenvalue weighted by Crippen LogP contribution is -2.45. The monoisotopic (exact) mass is 315 g/mol. The van der Waals surface area contributed by atoms with E-state index in [2.05, 4.69) is 4.98 Å². The van der Waals surface area contributed by atoms with Gasteiger partial charge < -0.3 is 10.8 Å². The van der Waals surface area contributed by atoms with Gasteiger partial charge in [-0.25, -0.2) is 8.42 Å². The molecule has 0 radical (unpaired) electrons. The maximum absolute atomic E-state index is 12.5. The van der Waals surface area contributed by atoms with Gasteiger partial charge in [-0.3, -0.25) is 4.98 Å². The number of sulfonamides is 1. The van der Waals surface area contributed by atoms with Gasteiger partial charge in [0.05, 0.1) is 12.3 Å². The minimum atomic E-state index is -3.64. The number of aliphatic hydroxyl groups is 1. The fourth-order valence-corrected chi connectivity index (χ4v) is 4.04. The SMILES string of the molecule is NC(=S)c1ccc(S(=O)(=O)N2CCCCC2CO)cn1. The fourth-order valence-electron chi connectivity index (χ4n) is 2.29. The van der Waals surface area contributed by atoms with Crippen molar-refractivity contribution in [1.29, 1.82) is 0 Å². The summed E-state index contributed by atoms with van der Waals surface area (Å²) in [6, 6.07) is 2.58. The maximum Gasteiger partial charge on any atom is 0.244 e. The van der Waals surface area contributed by atoms with Gasteiger partial charge in [0.15, 0.2) is 0 Å². The molecule has 1 aromatic heterocycles. The average Bonchev–Trinajstić information content (AvgIpc) is 2.47. The summed E-state index contributed by atoms with van der Waals surface area (Å²) in [7, 11) is -3.64. The first-order valence-electron chi connectivity index (χ1n) is 6.35. The molecule has 1 aliphatic heterocycles. The minimum Gasteiger partial charge on any atom is -0.395 e.